The van der Waals surface area contributed by atoms with Gasteiger partial charge >= 0.3 is 0 Å². The summed E-state index contributed by atoms with van der Waals surface area (Å²) in [6.45, 7) is 1.43. The Kier molecular flexibility index (Phi) is 9.05. The molecule has 204 valence electrons. The Bertz CT molecular complexity index is 1410. The van der Waals surface area contributed by atoms with Gasteiger partial charge in [0.15, 0.2) is 23.0 Å². The molecule has 3 aromatic carbocycles. The van der Waals surface area contributed by atoms with Crippen LogP contribution in [0.25, 0.3) is 0 Å². The molecule has 1 atom stereocenters. The number of hydrogen-bond donors (Lipinski definition) is 1. The zero-order valence-electron chi connectivity index (χ0n) is 22.1. The van der Waals surface area contributed by atoms with Gasteiger partial charge in [0.2, 0.25) is 10.0 Å². The number of carbonyl (C=O) groups excluding carboxylic acids is 1. The number of anilines is 1. The van der Waals surface area contributed by atoms with Crippen LogP contribution in [0.4, 0.5) is 10.1 Å². The molecular formula is C27H31FN2O7S. The van der Waals surface area contributed by atoms with E-state index < -0.39 is 27.8 Å². The molecule has 0 aromatic heterocycles. The van der Waals surface area contributed by atoms with Gasteiger partial charge in [-0.05, 0) is 36.8 Å². The molecule has 0 bridgehead atoms. The summed E-state index contributed by atoms with van der Waals surface area (Å²) >= 11 is 0. The van der Waals surface area contributed by atoms with Gasteiger partial charge in [0.05, 0.1) is 58.5 Å². The van der Waals surface area contributed by atoms with E-state index >= 15 is 0 Å². The predicted octanol–water partition coefficient (Wildman–Crippen LogP) is 4.32. The van der Waals surface area contributed by atoms with Crippen LogP contribution in [-0.4, -0.2) is 49.0 Å². The molecule has 3 aromatic rings. The highest BCUT2D eigenvalue weighted by Gasteiger charge is 2.28. The van der Waals surface area contributed by atoms with Gasteiger partial charge in [-0.1, -0.05) is 24.3 Å². The lowest BCUT2D eigenvalue weighted by molar-refractivity contribution is 0.0940. The molecule has 0 aliphatic rings. The molecule has 1 amide bonds. The number of amides is 1. The third-order valence-electron chi connectivity index (χ3n) is 5.94. The molecule has 3 rings (SSSR count). The Morgan fingerprint density at radius 1 is 0.895 bits per heavy atom. The van der Waals surface area contributed by atoms with Gasteiger partial charge < -0.3 is 24.3 Å². The molecule has 38 heavy (non-hydrogen) atoms. The first-order chi connectivity index (χ1) is 18.0. The number of methoxy groups -OCH3 is 4. The minimum atomic E-state index is -3.97. The predicted molar refractivity (Wildman–Crippen MR) is 142 cm³/mol. The van der Waals surface area contributed by atoms with Crippen LogP contribution in [0.5, 0.6) is 23.0 Å². The Morgan fingerprint density at radius 2 is 1.47 bits per heavy atom. The number of benzene rings is 3. The standard InChI is InChI=1S/C27H31FN2O7S/c1-17(18-11-12-23(34-2)24(13-18)35-3)29-27(31)20-14-25(36-4)26(37-5)15-22(20)30(38(6,32)33)16-19-9-7-8-10-21(19)28/h7-15,17H,16H2,1-6H3,(H,29,31)/t17-/m0/s1. The maximum atomic E-state index is 14.5. The van der Waals surface area contributed by atoms with E-state index in [1.807, 2.05) is 0 Å². The molecule has 1 N–H and O–H groups in total. The molecule has 0 fully saturated rings. The summed E-state index contributed by atoms with van der Waals surface area (Å²) in [6.07, 6.45) is 0.985. The van der Waals surface area contributed by atoms with Gasteiger partial charge in [0.25, 0.3) is 5.91 Å². The SMILES string of the molecule is COc1ccc([C@H](C)NC(=O)c2cc(OC)c(OC)cc2N(Cc2ccccc2F)S(C)(=O)=O)cc1OC. The Hall–Kier alpha value is -3.99. The summed E-state index contributed by atoms with van der Waals surface area (Å²) in [4.78, 5) is 13.6. The van der Waals surface area contributed by atoms with Crippen LogP contribution in [0.1, 0.15) is 34.5 Å². The van der Waals surface area contributed by atoms with Crippen molar-refractivity contribution < 1.29 is 36.6 Å². The summed E-state index contributed by atoms with van der Waals surface area (Å²) < 4.78 is 62.7. The third-order valence-corrected chi connectivity index (χ3v) is 7.07. The van der Waals surface area contributed by atoms with Crippen molar-refractivity contribution in [3.05, 3.63) is 77.1 Å². The highest BCUT2D eigenvalue weighted by atomic mass is 32.2. The van der Waals surface area contributed by atoms with Crippen molar-refractivity contribution >= 4 is 21.6 Å². The van der Waals surface area contributed by atoms with Crippen LogP contribution in [0, 0.1) is 5.82 Å². The smallest absolute Gasteiger partial charge is 0.254 e. The number of hydrogen-bond acceptors (Lipinski definition) is 7. The molecule has 0 spiro atoms. The fourth-order valence-corrected chi connectivity index (χ4v) is 4.78. The van der Waals surface area contributed by atoms with Crippen molar-refractivity contribution in [1.29, 1.82) is 0 Å². The van der Waals surface area contributed by atoms with Gasteiger partial charge in [-0.3, -0.25) is 9.10 Å². The molecule has 0 aliphatic heterocycles. The number of rotatable bonds is 11. The fourth-order valence-electron chi connectivity index (χ4n) is 3.90. The van der Waals surface area contributed by atoms with E-state index in [4.69, 9.17) is 18.9 Å². The van der Waals surface area contributed by atoms with Crippen LogP contribution in [-0.2, 0) is 16.6 Å². The summed E-state index contributed by atoms with van der Waals surface area (Å²) in [6, 6.07) is 13.3. The molecule has 0 saturated carbocycles. The van der Waals surface area contributed by atoms with E-state index in [2.05, 4.69) is 5.32 Å². The van der Waals surface area contributed by atoms with E-state index in [1.54, 1.807) is 31.2 Å². The highest BCUT2D eigenvalue weighted by Crippen LogP contribution is 2.37. The second-order valence-electron chi connectivity index (χ2n) is 8.39. The average molecular weight is 547 g/mol. The van der Waals surface area contributed by atoms with Crippen molar-refractivity contribution in [2.75, 3.05) is 39.0 Å². The first-order valence-electron chi connectivity index (χ1n) is 11.5. The second-order valence-corrected chi connectivity index (χ2v) is 10.3. The zero-order valence-corrected chi connectivity index (χ0v) is 22.9. The van der Waals surface area contributed by atoms with E-state index in [1.165, 1.54) is 58.8 Å². The van der Waals surface area contributed by atoms with Gasteiger partial charge in [0.1, 0.15) is 5.82 Å². The molecule has 0 radical (unpaired) electrons. The van der Waals surface area contributed by atoms with Gasteiger partial charge in [-0.2, -0.15) is 0 Å². The van der Waals surface area contributed by atoms with Gasteiger partial charge in [0, 0.05) is 11.6 Å². The first-order valence-corrected chi connectivity index (χ1v) is 13.4. The fraction of sp³-hybridized carbons (Fsp3) is 0.296. The Morgan fingerprint density at radius 3 is 2.05 bits per heavy atom. The summed E-state index contributed by atoms with van der Waals surface area (Å²) in [7, 11) is 1.86. The number of halogens is 1. The van der Waals surface area contributed by atoms with E-state index in [0.29, 0.717) is 11.5 Å². The quantitative estimate of drug-likeness (QED) is 0.382. The van der Waals surface area contributed by atoms with Crippen LogP contribution in [0.3, 0.4) is 0 Å². The lowest BCUT2D eigenvalue weighted by atomic mass is 10.1. The molecule has 0 heterocycles. The van der Waals surface area contributed by atoms with Crippen LogP contribution in [0.15, 0.2) is 54.6 Å². The monoisotopic (exact) mass is 546 g/mol. The molecule has 0 unspecified atom stereocenters. The normalized spacial score (nSPS) is 11.9. The summed E-state index contributed by atoms with van der Waals surface area (Å²) in [5.74, 6) is 0.300. The molecule has 0 aliphatic carbocycles. The zero-order chi connectivity index (χ0) is 28.0. The van der Waals surface area contributed by atoms with Crippen molar-refractivity contribution in [3.63, 3.8) is 0 Å². The van der Waals surface area contributed by atoms with Crippen LogP contribution >= 0.6 is 0 Å². The number of nitrogens with zero attached hydrogens (tertiary/aromatic N) is 1. The summed E-state index contributed by atoms with van der Waals surface area (Å²) in [5, 5.41) is 2.88. The van der Waals surface area contributed by atoms with Crippen LogP contribution < -0.4 is 28.6 Å². The molecule has 11 heteroatoms. The topological polar surface area (TPSA) is 103 Å². The summed E-state index contributed by atoms with van der Waals surface area (Å²) in [5.41, 5.74) is 0.865. The highest BCUT2D eigenvalue weighted by molar-refractivity contribution is 7.92. The van der Waals surface area contributed by atoms with Crippen molar-refractivity contribution in [2.24, 2.45) is 0 Å². The first kappa shape index (κ1) is 28.6. The Balaban J connectivity index is 2.08. The molecule has 0 saturated heterocycles. The second kappa shape index (κ2) is 12.0. The number of ether oxygens (including phenoxy) is 4. The van der Waals surface area contributed by atoms with E-state index in [0.717, 1.165) is 16.1 Å². The average Bonchev–Trinajstić information content (AvgIpc) is 2.90. The minimum absolute atomic E-state index is 0.00302. The number of nitrogens with one attached hydrogen (secondary N) is 1. The lowest BCUT2D eigenvalue weighted by Gasteiger charge is -2.27. The van der Waals surface area contributed by atoms with E-state index in [9.17, 15) is 17.6 Å². The third kappa shape index (κ3) is 6.28. The molecular weight excluding hydrogens is 515 g/mol. The van der Waals surface area contributed by atoms with Gasteiger partial charge in [-0.25, -0.2) is 12.8 Å². The lowest BCUT2D eigenvalue weighted by Crippen LogP contribution is -2.33. The number of carbonyl (C=O) groups is 1. The van der Waals surface area contributed by atoms with Crippen molar-refractivity contribution in [2.45, 2.75) is 19.5 Å². The minimum Gasteiger partial charge on any atom is -0.493 e. The van der Waals surface area contributed by atoms with Gasteiger partial charge in [-0.15, -0.1) is 0 Å². The maximum absolute atomic E-state index is 14.5. The number of sulfonamides is 1. The largest absolute Gasteiger partial charge is 0.493 e. The molecule has 9 nitrogen and oxygen atoms in total. The van der Waals surface area contributed by atoms with E-state index in [-0.39, 0.29) is 34.9 Å². The van der Waals surface area contributed by atoms with Crippen molar-refractivity contribution in [3.8, 4) is 23.0 Å². The Labute approximate surface area is 222 Å². The van der Waals surface area contributed by atoms with Crippen molar-refractivity contribution in [1.82, 2.24) is 5.32 Å². The van der Waals surface area contributed by atoms with Crippen LogP contribution in [0.2, 0.25) is 0 Å². The maximum Gasteiger partial charge on any atom is 0.254 e.